The van der Waals surface area contributed by atoms with Gasteiger partial charge in [0.1, 0.15) is 0 Å². The van der Waals surface area contributed by atoms with Crippen molar-refractivity contribution >= 4 is 15.7 Å². The minimum absolute atomic E-state index is 0.0592. The lowest BCUT2D eigenvalue weighted by Gasteiger charge is -2.05. The maximum Gasteiger partial charge on any atom is 0.266 e. The van der Waals surface area contributed by atoms with Gasteiger partial charge in [0.2, 0.25) is 10.0 Å². The number of H-pyrrole nitrogens is 1. The summed E-state index contributed by atoms with van der Waals surface area (Å²) in [6.07, 6.45) is 1.41. The van der Waals surface area contributed by atoms with E-state index in [1.165, 1.54) is 19.3 Å². The molecule has 0 aliphatic rings. The summed E-state index contributed by atoms with van der Waals surface area (Å²) < 4.78 is 24.2. The molecule has 15 heavy (non-hydrogen) atoms. The third-order valence-corrected chi connectivity index (χ3v) is 3.04. The average molecular weight is 232 g/mol. The summed E-state index contributed by atoms with van der Waals surface area (Å²) in [5.41, 5.74) is 0.154. The number of aromatic amines is 1. The maximum atomic E-state index is 11.0. The molecule has 0 aliphatic heterocycles. The Morgan fingerprint density at radius 2 is 2.27 bits per heavy atom. The van der Waals surface area contributed by atoms with Crippen molar-refractivity contribution in [2.75, 3.05) is 24.7 Å². The minimum Gasteiger partial charge on any atom is -0.383 e. The molecule has 1 aromatic rings. The van der Waals surface area contributed by atoms with E-state index in [0.29, 0.717) is 5.69 Å². The highest BCUT2D eigenvalue weighted by molar-refractivity contribution is 7.89. The molecule has 0 unspecified atom stereocenters. The summed E-state index contributed by atoms with van der Waals surface area (Å²) >= 11 is 0. The number of nitrogens with zero attached hydrogens (tertiary/aromatic N) is 1. The second-order valence-corrected chi connectivity index (χ2v) is 4.83. The van der Waals surface area contributed by atoms with Crippen LogP contribution in [0.1, 0.15) is 0 Å². The number of aromatic nitrogens is 2. The Kier molecular flexibility index (Phi) is 3.81. The number of nitrogens with one attached hydrogen (secondary N) is 3. The van der Waals surface area contributed by atoms with Crippen molar-refractivity contribution in [2.24, 2.45) is 0 Å². The van der Waals surface area contributed by atoms with Crippen LogP contribution in [0.5, 0.6) is 0 Å². The average Bonchev–Trinajstić information content (AvgIpc) is 2.18. The van der Waals surface area contributed by atoms with Gasteiger partial charge >= 0.3 is 0 Å². The Hall–Kier alpha value is -1.41. The summed E-state index contributed by atoms with van der Waals surface area (Å²) in [6.45, 7) is 0.217. The Labute approximate surface area is 87.0 Å². The van der Waals surface area contributed by atoms with Gasteiger partial charge in [0, 0.05) is 12.6 Å². The minimum atomic E-state index is -3.22. The van der Waals surface area contributed by atoms with Crippen LogP contribution in [0.25, 0.3) is 0 Å². The maximum absolute atomic E-state index is 11.0. The first-order chi connectivity index (χ1) is 7.03. The molecule has 0 spiro atoms. The van der Waals surface area contributed by atoms with E-state index in [1.807, 2.05) is 0 Å². The third kappa shape index (κ3) is 4.09. The molecule has 0 bridgehead atoms. The van der Waals surface area contributed by atoms with Crippen molar-refractivity contribution in [1.82, 2.24) is 14.9 Å². The van der Waals surface area contributed by atoms with Crippen LogP contribution in [-0.2, 0) is 10.0 Å². The van der Waals surface area contributed by atoms with E-state index in [2.05, 4.69) is 20.2 Å². The fraction of sp³-hybridized carbons (Fsp3) is 0.429. The van der Waals surface area contributed by atoms with E-state index in [0.717, 1.165) is 0 Å². The lowest BCUT2D eigenvalue weighted by atomic mass is 10.4. The van der Waals surface area contributed by atoms with Crippen LogP contribution < -0.4 is 15.6 Å². The van der Waals surface area contributed by atoms with Crippen molar-refractivity contribution in [3.05, 3.63) is 22.6 Å². The van der Waals surface area contributed by atoms with Gasteiger partial charge in [-0.3, -0.25) is 4.79 Å². The van der Waals surface area contributed by atoms with E-state index in [-0.39, 0.29) is 17.9 Å². The van der Waals surface area contributed by atoms with Gasteiger partial charge in [-0.1, -0.05) is 0 Å². The Morgan fingerprint density at radius 3 is 2.87 bits per heavy atom. The number of hydrogen-bond acceptors (Lipinski definition) is 5. The number of anilines is 1. The molecular formula is C7H12N4O3S. The molecule has 1 rings (SSSR count). The Balaban J connectivity index is 2.49. The standard InChI is InChI=1S/C7H12N4O3S/c1-8-15(13,14)3-2-9-6-4-7(12)11-10-5-6/h4-5,8H,2-3H2,1H3,(H2,9,11,12). The van der Waals surface area contributed by atoms with Gasteiger partial charge in [0.15, 0.2) is 0 Å². The first-order valence-electron chi connectivity index (χ1n) is 4.23. The zero-order valence-corrected chi connectivity index (χ0v) is 8.97. The van der Waals surface area contributed by atoms with E-state index >= 15 is 0 Å². The largest absolute Gasteiger partial charge is 0.383 e. The molecule has 0 aromatic carbocycles. The number of hydrogen-bond donors (Lipinski definition) is 3. The smallest absolute Gasteiger partial charge is 0.266 e. The van der Waals surface area contributed by atoms with Crippen LogP contribution in [0.2, 0.25) is 0 Å². The molecular weight excluding hydrogens is 220 g/mol. The molecule has 8 heteroatoms. The monoisotopic (exact) mass is 232 g/mol. The van der Waals surface area contributed by atoms with Crippen LogP contribution in [0.3, 0.4) is 0 Å². The van der Waals surface area contributed by atoms with Gasteiger partial charge in [-0.2, -0.15) is 5.10 Å². The van der Waals surface area contributed by atoms with Gasteiger partial charge in [-0.25, -0.2) is 18.2 Å². The predicted molar refractivity (Wildman–Crippen MR) is 56.2 cm³/mol. The molecule has 0 saturated carbocycles. The topological polar surface area (TPSA) is 104 Å². The Bertz CT molecular complexity index is 467. The van der Waals surface area contributed by atoms with Gasteiger partial charge in [-0.05, 0) is 7.05 Å². The van der Waals surface area contributed by atoms with Crippen molar-refractivity contribution in [1.29, 1.82) is 0 Å². The van der Waals surface area contributed by atoms with E-state index in [1.54, 1.807) is 0 Å². The first kappa shape index (κ1) is 11.7. The van der Waals surface area contributed by atoms with Crippen molar-refractivity contribution in [3.8, 4) is 0 Å². The molecule has 3 N–H and O–H groups in total. The van der Waals surface area contributed by atoms with Gasteiger partial charge in [-0.15, -0.1) is 0 Å². The zero-order chi connectivity index (χ0) is 11.3. The highest BCUT2D eigenvalue weighted by atomic mass is 32.2. The fourth-order valence-electron chi connectivity index (χ4n) is 0.905. The molecule has 0 saturated heterocycles. The number of rotatable bonds is 5. The van der Waals surface area contributed by atoms with Crippen molar-refractivity contribution in [3.63, 3.8) is 0 Å². The van der Waals surface area contributed by atoms with Crippen LogP contribution in [0.4, 0.5) is 5.69 Å². The van der Waals surface area contributed by atoms with Crippen LogP contribution in [0, 0.1) is 0 Å². The normalized spacial score (nSPS) is 11.3. The summed E-state index contributed by atoms with van der Waals surface area (Å²) in [6, 6.07) is 1.30. The van der Waals surface area contributed by atoms with Crippen molar-refractivity contribution in [2.45, 2.75) is 0 Å². The van der Waals surface area contributed by atoms with E-state index < -0.39 is 10.0 Å². The molecule has 0 amide bonds. The van der Waals surface area contributed by atoms with Crippen LogP contribution >= 0.6 is 0 Å². The fourth-order valence-corrected chi connectivity index (χ4v) is 1.48. The van der Waals surface area contributed by atoms with Gasteiger partial charge in [0.25, 0.3) is 5.56 Å². The summed E-state index contributed by atoms with van der Waals surface area (Å²) in [7, 11) is -1.87. The summed E-state index contributed by atoms with van der Waals surface area (Å²) in [5, 5.41) is 8.54. The molecule has 0 fully saturated rings. The van der Waals surface area contributed by atoms with Gasteiger partial charge < -0.3 is 5.32 Å². The molecule has 0 aliphatic carbocycles. The highest BCUT2D eigenvalue weighted by Gasteiger charge is 2.05. The number of sulfonamides is 1. The second-order valence-electron chi connectivity index (χ2n) is 2.78. The molecule has 7 nitrogen and oxygen atoms in total. The van der Waals surface area contributed by atoms with E-state index in [9.17, 15) is 13.2 Å². The van der Waals surface area contributed by atoms with Gasteiger partial charge in [0.05, 0.1) is 17.6 Å². The molecule has 1 heterocycles. The SMILES string of the molecule is CNS(=O)(=O)CCNc1cn[nH]c(=O)c1. The molecule has 0 radical (unpaired) electrons. The molecule has 1 aromatic heterocycles. The first-order valence-corrected chi connectivity index (χ1v) is 5.88. The predicted octanol–water partition coefficient (Wildman–Crippen LogP) is -1.27. The molecule has 84 valence electrons. The Morgan fingerprint density at radius 1 is 1.53 bits per heavy atom. The second kappa shape index (κ2) is 4.89. The quantitative estimate of drug-likeness (QED) is 0.587. The highest BCUT2D eigenvalue weighted by Crippen LogP contribution is 1.97. The zero-order valence-electron chi connectivity index (χ0n) is 8.15. The van der Waals surface area contributed by atoms with E-state index in [4.69, 9.17) is 0 Å². The molecule has 0 atom stereocenters. The lowest BCUT2D eigenvalue weighted by molar-refractivity contribution is 0.588. The summed E-state index contributed by atoms with van der Waals surface area (Å²) in [5.74, 6) is -0.0592. The summed E-state index contributed by atoms with van der Waals surface area (Å²) in [4.78, 5) is 10.8. The van der Waals surface area contributed by atoms with Crippen LogP contribution in [0.15, 0.2) is 17.1 Å². The third-order valence-electron chi connectivity index (χ3n) is 1.68. The van der Waals surface area contributed by atoms with Crippen LogP contribution in [-0.4, -0.2) is 38.0 Å². The lowest BCUT2D eigenvalue weighted by Crippen LogP contribution is -2.26. The van der Waals surface area contributed by atoms with Crippen molar-refractivity contribution < 1.29 is 8.42 Å².